The van der Waals surface area contributed by atoms with E-state index in [0.717, 1.165) is 43.1 Å². The van der Waals surface area contributed by atoms with Gasteiger partial charge < -0.3 is 10.6 Å². The van der Waals surface area contributed by atoms with Gasteiger partial charge in [-0.3, -0.25) is 14.7 Å². The highest BCUT2D eigenvalue weighted by Gasteiger charge is 2.15. The molecule has 1 saturated heterocycles. The Balaban J connectivity index is 1.34. The van der Waals surface area contributed by atoms with E-state index in [1.807, 2.05) is 36.4 Å². The minimum atomic E-state index is -0.190. The molecule has 162 valence electrons. The number of carbonyl (C=O) groups excluding carboxylic acids is 1. The van der Waals surface area contributed by atoms with Gasteiger partial charge >= 0.3 is 0 Å². The van der Waals surface area contributed by atoms with Crippen LogP contribution in [0.15, 0.2) is 66.9 Å². The zero-order valence-electron chi connectivity index (χ0n) is 18.2. The molecule has 6 nitrogen and oxygen atoms in total. The van der Waals surface area contributed by atoms with Gasteiger partial charge in [-0.05, 0) is 48.4 Å². The monoisotopic (exact) mass is 425 g/mol. The van der Waals surface area contributed by atoms with Crippen LogP contribution in [0.2, 0.25) is 0 Å². The quantitative estimate of drug-likeness (QED) is 0.631. The summed E-state index contributed by atoms with van der Waals surface area (Å²) in [5, 5.41) is 15.6. The number of rotatable bonds is 6. The van der Waals surface area contributed by atoms with Crippen molar-refractivity contribution in [3.05, 3.63) is 94.8 Å². The first-order valence-corrected chi connectivity index (χ1v) is 10.9. The lowest BCUT2D eigenvalue weighted by molar-refractivity contribution is 0.102. The predicted molar refractivity (Wildman–Crippen MR) is 125 cm³/mol. The molecule has 1 aliphatic rings. The van der Waals surface area contributed by atoms with Gasteiger partial charge in [-0.25, -0.2) is 0 Å². The van der Waals surface area contributed by atoms with Gasteiger partial charge in [0.15, 0.2) is 0 Å². The van der Waals surface area contributed by atoms with Crippen molar-refractivity contribution in [2.45, 2.75) is 25.9 Å². The second kappa shape index (κ2) is 10.2. The molecule has 32 heavy (non-hydrogen) atoms. The Hall–Kier alpha value is -3.53. The topological polar surface area (TPSA) is 81.1 Å². The Morgan fingerprint density at radius 1 is 1.19 bits per heavy atom. The molecule has 2 heterocycles. The average molecular weight is 426 g/mol. The third kappa shape index (κ3) is 5.58. The molecule has 1 amide bonds. The van der Waals surface area contributed by atoms with Crippen molar-refractivity contribution in [2.75, 3.05) is 25.0 Å². The van der Waals surface area contributed by atoms with Crippen molar-refractivity contribution in [3.8, 4) is 6.07 Å². The maximum atomic E-state index is 12.6. The summed E-state index contributed by atoms with van der Waals surface area (Å²) >= 11 is 0. The van der Waals surface area contributed by atoms with Crippen molar-refractivity contribution >= 4 is 11.6 Å². The van der Waals surface area contributed by atoms with Gasteiger partial charge in [-0.2, -0.15) is 5.26 Å². The molecule has 4 rings (SSSR count). The van der Waals surface area contributed by atoms with Crippen LogP contribution in [0.1, 0.15) is 39.7 Å². The minimum absolute atomic E-state index is 0.190. The number of nitrogens with zero attached hydrogens (tertiary/aromatic N) is 3. The molecule has 1 aromatic heterocycles. The number of benzene rings is 2. The second-order valence-electron chi connectivity index (χ2n) is 8.23. The van der Waals surface area contributed by atoms with Gasteiger partial charge in [-0.1, -0.05) is 30.3 Å². The normalized spacial score (nSPS) is 16.3. The summed E-state index contributed by atoms with van der Waals surface area (Å²) in [5.41, 5.74) is 4.89. The van der Waals surface area contributed by atoms with Gasteiger partial charge in [-0.15, -0.1) is 0 Å². The van der Waals surface area contributed by atoms with Gasteiger partial charge in [0, 0.05) is 56.2 Å². The number of anilines is 1. The van der Waals surface area contributed by atoms with E-state index >= 15 is 0 Å². The Morgan fingerprint density at radius 3 is 2.72 bits per heavy atom. The Labute approximate surface area is 188 Å². The van der Waals surface area contributed by atoms with Gasteiger partial charge in [0.1, 0.15) is 0 Å². The molecule has 0 aliphatic carbocycles. The van der Waals surface area contributed by atoms with Crippen molar-refractivity contribution in [2.24, 2.45) is 0 Å². The Bertz CT molecular complexity index is 1100. The fourth-order valence-electron chi connectivity index (χ4n) is 3.95. The molecule has 0 saturated carbocycles. The Morgan fingerprint density at radius 2 is 2.00 bits per heavy atom. The molecule has 2 aromatic carbocycles. The SMILES string of the molecule is C[C@H]1CN(Cc2ccc(NC(=O)c3ccc(Cc4ccccc4C#N)nc3)cc2)CCN1. The molecule has 3 aromatic rings. The van der Waals surface area contributed by atoms with Crippen molar-refractivity contribution in [1.29, 1.82) is 5.26 Å². The second-order valence-corrected chi connectivity index (χ2v) is 8.23. The Kier molecular flexibility index (Phi) is 6.90. The van der Waals surface area contributed by atoms with Crippen LogP contribution < -0.4 is 10.6 Å². The molecule has 2 N–H and O–H groups in total. The van der Waals surface area contributed by atoms with Gasteiger partial charge in [0.05, 0.1) is 17.2 Å². The lowest BCUT2D eigenvalue weighted by atomic mass is 10.0. The van der Waals surface area contributed by atoms with E-state index in [2.05, 4.69) is 45.6 Å². The van der Waals surface area contributed by atoms with Crippen LogP contribution in [0.25, 0.3) is 0 Å². The third-order valence-corrected chi connectivity index (χ3v) is 5.67. The number of hydrogen-bond acceptors (Lipinski definition) is 5. The number of hydrogen-bond donors (Lipinski definition) is 2. The first kappa shape index (κ1) is 21.7. The van der Waals surface area contributed by atoms with Crippen LogP contribution in [0.4, 0.5) is 5.69 Å². The van der Waals surface area contributed by atoms with E-state index in [1.165, 1.54) is 5.56 Å². The van der Waals surface area contributed by atoms with E-state index in [9.17, 15) is 10.1 Å². The predicted octanol–water partition coefficient (Wildman–Crippen LogP) is 3.59. The van der Waals surface area contributed by atoms with E-state index in [-0.39, 0.29) is 5.91 Å². The molecule has 1 fully saturated rings. The van der Waals surface area contributed by atoms with E-state index in [0.29, 0.717) is 23.6 Å². The van der Waals surface area contributed by atoms with Gasteiger partial charge in [0.25, 0.3) is 5.91 Å². The fourth-order valence-corrected chi connectivity index (χ4v) is 3.95. The lowest BCUT2D eigenvalue weighted by Crippen LogP contribution is -2.48. The van der Waals surface area contributed by atoms with Crippen molar-refractivity contribution in [1.82, 2.24) is 15.2 Å². The summed E-state index contributed by atoms with van der Waals surface area (Å²) in [6.07, 6.45) is 2.14. The van der Waals surface area contributed by atoms with Crippen LogP contribution >= 0.6 is 0 Å². The number of piperazine rings is 1. The van der Waals surface area contributed by atoms with Crippen LogP contribution in [0.5, 0.6) is 0 Å². The zero-order chi connectivity index (χ0) is 22.3. The van der Waals surface area contributed by atoms with Crippen molar-refractivity contribution < 1.29 is 4.79 Å². The summed E-state index contributed by atoms with van der Waals surface area (Å²) in [4.78, 5) is 19.5. The molecule has 1 atom stereocenters. The minimum Gasteiger partial charge on any atom is -0.322 e. The van der Waals surface area contributed by atoms with E-state index < -0.39 is 0 Å². The molecule has 1 aliphatic heterocycles. The molecule has 6 heteroatoms. The number of amides is 1. The number of carbonyl (C=O) groups is 1. The molecular formula is C26H27N5O. The third-order valence-electron chi connectivity index (χ3n) is 5.67. The summed E-state index contributed by atoms with van der Waals surface area (Å²) < 4.78 is 0. The summed E-state index contributed by atoms with van der Waals surface area (Å²) in [6.45, 7) is 6.24. The average Bonchev–Trinajstić information content (AvgIpc) is 2.81. The summed E-state index contributed by atoms with van der Waals surface area (Å²) in [6, 6.07) is 21.8. The van der Waals surface area contributed by atoms with E-state index in [1.54, 1.807) is 18.3 Å². The molecule has 0 bridgehead atoms. The first-order valence-electron chi connectivity index (χ1n) is 10.9. The highest BCUT2D eigenvalue weighted by Crippen LogP contribution is 2.15. The molecular weight excluding hydrogens is 398 g/mol. The zero-order valence-corrected chi connectivity index (χ0v) is 18.2. The summed E-state index contributed by atoms with van der Waals surface area (Å²) in [5.74, 6) is -0.190. The van der Waals surface area contributed by atoms with Gasteiger partial charge in [0.2, 0.25) is 0 Å². The maximum absolute atomic E-state index is 12.6. The van der Waals surface area contributed by atoms with Crippen LogP contribution in [0, 0.1) is 11.3 Å². The maximum Gasteiger partial charge on any atom is 0.257 e. The van der Waals surface area contributed by atoms with Crippen LogP contribution in [-0.4, -0.2) is 41.5 Å². The fraction of sp³-hybridized carbons (Fsp3) is 0.269. The van der Waals surface area contributed by atoms with Crippen LogP contribution in [0.3, 0.4) is 0 Å². The van der Waals surface area contributed by atoms with Crippen LogP contribution in [-0.2, 0) is 13.0 Å². The summed E-state index contributed by atoms with van der Waals surface area (Å²) in [7, 11) is 0. The van der Waals surface area contributed by atoms with Crippen molar-refractivity contribution in [3.63, 3.8) is 0 Å². The van der Waals surface area contributed by atoms with E-state index in [4.69, 9.17) is 0 Å². The highest BCUT2D eigenvalue weighted by atomic mass is 16.1. The molecule has 0 spiro atoms. The number of nitriles is 1. The highest BCUT2D eigenvalue weighted by molar-refractivity contribution is 6.04. The molecule has 0 unspecified atom stereocenters. The lowest BCUT2D eigenvalue weighted by Gasteiger charge is -2.31. The number of pyridine rings is 1. The first-order chi connectivity index (χ1) is 15.6. The smallest absolute Gasteiger partial charge is 0.257 e. The molecule has 0 radical (unpaired) electrons. The largest absolute Gasteiger partial charge is 0.322 e. The number of aromatic nitrogens is 1. The standard InChI is InChI=1S/C26H27N5O/c1-19-17-31(13-12-28-19)18-20-6-9-24(10-7-20)30-26(32)23-8-11-25(29-16-23)14-21-4-2-3-5-22(21)15-27/h2-11,16,19,28H,12-14,17-18H2,1H3,(H,30,32)/t19-/m0/s1. The number of nitrogens with one attached hydrogen (secondary N) is 2.